The first-order valence-electron chi connectivity index (χ1n) is 23.5. The van der Waals surface area contributed by atoms with Crippen LogP contribution in [0.25, 0.3) is 0 Å². The predicted molar refractivity (Wildman–Crippen MR) is 299 cm³/mol. The van der Waals surface area contributed by atoms with Gasteiger partial charge in [-0.3, -0.25) is 9.59 Å². The average molecular weight is 1040 g/mol. The molecule has 67 heavy (non-hydrogen) atoms. The van der Waals surface area contributed by atoms with Gasteiger partial charge in [-0.2, -0.15) is 24.4 Å². The number of hydrogen-bond donors (Lipinski definition) is 6. The zero-order chi connectivity index (χ0) is 52.4. The van der Waals surface area contributed by atoms with Crippen LogP contribution in [-0.2, 0) is 19.2 Å². The van der Waals surface area contributed by atoms with Gasteiger partial charge in [0, 0.05) is 36.4 Å². The Morgan fingerprint density at radius 1 is 0.567 bits per heavy atom. The van der Waals surface area contributed by atoms with Crippen molar-refractivity contribution in [2.24, 2.45) is 0 Å². The second kappa shape index (κ2) is 45.1. The van der Waals surface area contributed by atoms with Crippen LogP contribution < -0.4 is 10.6 Å². The summed E-state index contributed by atoms with van der Waals surface area (Å²) < 4.78 is 0. The number of carbonyl (C=O) groups is 4. The highest BCUT2D eigenvalue weighted by atomic mass is 79.9. The van der Waals surface area contributed by atoms with Crippen molar-refractivity contribution >= 4 is 64.1 Å². The van der Waals surface area contributed by atoms with E-state index in [-0.39, 0.29) is 17.6 Å². The van der Waals surface area contributed by atoms with E-state index < -0.39 is 29.6 Å². The zero-order valence-corrected chi connectivity index (χ0v) is 47.4. The molecular formula is C55H93BrN2O7S2. The fourth-order valence-electron chi connectivity index (χ4n) is 5.45. The van der Waals surface area contributed by atoms with Gasteiger partial charge in [-0.05, 0) is 160 Å². The highest BCUT2D eigenvalue weighted by Gasteiger charge is 2.18. The van der Waals surface area contributed by atoms with Crippen molar-refractivity contribution in [3.05, 3.63) is 106 Å². The molecule has 12 heteroatoms. The van der Waals surface area contributed by atoms with E-state index in [1.165, 1.54) is 95.9 Å². The Balaban J connectivity index is -0.000000415. The van der Waals surface area contributed by atoms with Crippen LogP contribution in [0.2, 0.25) is 0 Å². The number of carbonyl (C=O) groups excluding carboxylic acids is 2. The summed E-state index contributed by atoms with van der Waals surface area (Å²) in [6.45, 7) is 31.7. The lowest BCUT2D eigenvalue weighted by Crippen LogP contribution is -2.41. The number of thioether (sulfide) groups is 1. The van der Waals surface area contributed by atoms with Crippen LogP contribution in [0.1, 0.15) is 174 Å². The number of thiol groups is 1. The van der Waals surface area contributed by atoms with Gasteiger partial charge in [-0.15, -0.1) is 6.58 Å². The number of carboxylic acids is 2. The molecule has 384 valence electrons. The topological polar surface area (TPSA) is 153 Å². The summed E-state index contributed by atoms with van der Waals surface area (Å²) >= 11 is 8.67. The van der Waals surface area contributed by atoms with Crippen LogP contribution in [0, 0.1) is 0 Å². The van der Waals surface area contributed by atoms with Crippen molar-refractivity contribution in [3.63, 3.8) is 0 Å². The van der Waals surface area contributed by atoms with Gasteiger partial charge in [0.2, 0.25) is 11.8 Å². The van der Waals surface area contributed by atoms with Crippen molar-refractivity contribution in [3.8, 4) is 0 Å². The Hall–Kier alpha value is -3.32. The molecule has 0 aliphatic heterocycles. The Kier molecular flexibility index (Phi) is 47.3. The lowest BCUT2D eigenvalue weighted by atomic mass is 9.99. The fourth-order valence-corrected chi connectivity index (χ4v) is 7.25. The molecule has 9 nitrogen and oxygen atoms in total. The van der Waals surface area contributed by atoms with E-state index >= 15 is 0 Å². The molecule has 2 amide bonds. The van der Waals surface area contributed by atoms with E-state index in [9.17, 15) is 24.3 Å². The molecule has 5 N–H and O–H groups in total. The molecule has 0 aromatic heterocycles. The molecule has 0 aromatic carbocycles. The molecule has 0 fully saturated rings. The summed E-state index contributed by atoms with van der Waals surface area (Å²) in [5.74, 6) is -1.48. The van der Waals surface area contributed by atoms with Crippen molar-refractivity contribution in [1.82, 2.24) is 10.6 Å². The number of aliphatic carboxylic acids is 2. The molecule has 0 rings (SSSR count). The van der Waals surface area contributed by atoms with Gasteiger partial charge in [0.15, 0.2) is 0 Å². The maximum Gasteiger partial charge on any atom is 0.327 e. The largest absolute Gasteiger partial charge is 0.480 e. The molecule has 0 aliphatic rings. The van der Waals surface area contributed by atoms with Gasteiger partial charge >= 0.3 is 11.9 Å². The first kappa shape index (κ1) is 70.2. The van der Waals surface area contributed by atoms with Crippen LogP contribution in [0.15, 0.2) is 106 Å². The van der Waals surface area contributed by atoms with Gasteiger partial charge in [-0.25, -0.2) is 9.59 Å². The molecule has 3 atom stereocenters. The Labute approximate surface area is 427 Å². The van der Waals surface area contributed by atoms with Gasteiger partial charge in [-0.1, -0.05) is 115 Å². The number of hydrogen-bond acceptors (Lipinski definition) is 7. The highest BCUT2D eigenvalue weighted by molar-refractivity contribution is 9.09. The summed E-state index contributed by atoms with van der Waals surface area (Å²) in [7, 11) is 0. The summed E-state index contributed by atoms with van der Waals surface area (Å²) in [6, 6.07) is -1.69. The van der Waals surface area contributed by atoms with E-state index in [1.807, 2.05) is 0 Å². The Morgan fingerprint density at radius 2 is 0.896 bits per heavy atom. The van der Waals surface area contributed by atoms with Crippen molar-refractivity contribution in [1.29, 1.82) is 0 Å². The van der Waals surface area contributed by atoms with E-state index in [0.717, 1.165) is 62.4 Å². The first-order chi connectivity index (χ1) is 31.2. The third-order valence-electron chi connectivity index (χ3n) is 9.71. The van der Waals surface area contributed by atoms with E-state index in [0.29, 0.717) is 5.75 Å². The monoisotopic (exact) mass is 1040 g/mol. The normalized spacial score (nSPS) is 13.5. The molecule has 0 heterocycles. The first-order valence-corrected chi connectivity index (χ1v) is 26.4. The lowest BCUT2D eigenvalue weighted by molar-refractivity contribution is -0.141. The third-order valence-corrected chi connectivity index (χ3v) is 11.4. The van der Waals surface area contributed by atoms with Gasteiger partial charge in [0.1, 0.15) is 12.1 Å². The summed E-state index contributed by atoms with van der Waals surface area (Å²) in [5, 5.41) is 32.8. The highest BCUT2D eigenvalue weighted by Crippen LogP contribution is 2.17. The minimum Gasteiger partial charge on any atom is -0.480 e. The summed E-state index contributed by atoms with van der Waals surface area (Å²) in [4.78, 5) is 42.5. The van der Waals surface area contributed by atoms with Crippen molar-refractivity contribution in [2.45, 2.75) is 192 Å². The standard InChI is InChI=1S/C20H33NO3S.C15H25Br.C15H26O.C5H9NO3S/c1-15(2)8-6-9-16(3)10-7-11-17(4)12-13-25-14-19(20(23)24)21-18(5)22;1-13(2)7-5-8-14(3)9-6-10-15(4)11-12-16;1-6-15(5,16)12-8-11-14(4)10-7-9-13(2)3;1-3(7)6-4(2-10)5(8)9/h8,10,12,19H,6-7,9,11,13-14H2,1-5H3,(H,21,22)(H,23,24);7,9,11H,5-6,8,10,12H2,1-4H3;6,9,11,16H,1,7-8,10,12H2,2-5H3;4,10H,2H2,1H3,(H,6,7)(H,8,9)/b16-10+,17-12+;14-9+,15-11+;14-11+;/t19-;;;4-/m0..0/s1. The number of amides is 2. The second-order valence-electron chi connectivity index (χ2n) is 17.9. The zero-order valence-electron chi connectivity index (χ0n) is 44.1. The molecular weight excluding hydrogens is 945 g/mol. The lowest BCUT2D eigenvalue weighted by Gasteiger charge is -2.16. The molecule has 0 radical (unpaired) electrons. The third kappa shape index (κ3) is 55.2. The molecule has 0 bridgehead atoms. The minimum atomic E-state index is -1.06. The van der Waals surface area contributed by atoms with Crippen LogP contribution in [0.4, 0.5) is 0 Å². The summed E-state index contributed by atoms with van der Waals surface area (Å²) in [5.41, 5.74) is 10.6. The maximum absolute atomic E-state index is 11.0. The number of rotatable bonds is 29. The predicted octanol–water partition coefficient (Wildman–Crippen LogP) is 14.4. The molecule has 0 saturated carbocycles. The van der Waals surface area contributed by atoms with Gasteiger partial charge in [0.25, 0.3) is 0 Å². The van der Waals surface area contributed by atoms with E-state index in [4.69, 9.17) is 10.2 Å². The van der Waals surface area contributed by atoms with Crippen LogP contribution in [-0.4, -0.2) is 79.3 Å². The molecule has 0 aliphatic carbocycles. The molecule has 1 unspecified atom stereocenters. The van der Waals surface area contributed by atoms with Crippen molar-refractivity contribution in [2.75, 3.05) is 22.6 Å². The minimum absolute atomic E-state index is 0.106. The quantitative estimate of drug-likeness (QED) is 0.0187. The number of aliphatic hydroxyl groups is 1. The molecule has 0 spiro atoms. The van der Waals surface area contributed by atoms with E-state index in [2.05, 4.69) is 171 Å². The van der Waals surface area contributed by atoms with E-state index in [1.54, 1.807) is 13.0 Å². The number of alkyl halides is 1. The van der Waals surface area contributed by atoms with Crippen molar-refractivity contribution < 1.29 is 34.5 Å². The SMILES string of the molecule is C=CC(C)(O)CC/C=C(\C)CCC=C(C)C.CC(=O)N[C@@H](CS)C(=O)O.CC(=O)N[C@@H](CSC/C=C(\C)CC/C=C(\C)CCC=C(C)C)C(=O)O.CC(C)=CCC/C(C)=C/CC/C(C)=C/CBr. The molecule has 0 saturated heterocycles. The Morgan fingerprint density at radius 3 is 1.19 bits per heavy atom. The second-order valence-corrected chi connectivity index (χ2v) is 20.0. The summed E-state index contributed by atoms with van der Waals surface area (Å²) in [6.07, 6.45) is 32.7. The average Bonchev–Trinajstić information content (AvgIpc) is 3.21. The number of allylic oxidation sites excluding steroid dienone is 15. The number of carboxylic acid groups (broad SMARTS) is 2. The maximum atomic E-state index is 11.0. The van der Waals surface area contributed by atoms with Crippen LogP contribution in [0.5, 0.6) is 0 Å². The number of halogens is 1. The van der Waals surface area contributed by atoms with Gasteiger partial charge in [0.05, 0.1) is 5.60 Å². The molecule has 0 aromatic rings. The smallest absolute Gasteiger partial charge is 0.327 e. The van der Waals surface area contributed by atoms with Crippen LogP contribution in [0.3, 0.4) is 0 Å². The van der Waals surface area contributed by atoms with Crippen LogP contribution >= 0.6 is 40.3 Å². The fraction of sp³-hybridized carbons (Fsp3) is 0.600. The number of nitrogens with one attached hydrogen (secondary N) is 2. The Bertz CT molecular complexity index is 1670. The van der Waals surface area contributed by atoms with Gasteiger partial charge < -0.3 is 26.0 Å².